The molecule has 1 N–H and O–H groups in total. The number of halogens is 2. The van der Waals surface area contributed by atoms with Gasteiger partial charge in [0.2, 0.25) is 5.91 Å². The van der Waals surface area contributed by atoms with Crippen molar-refractivity contribution in [3.63, 3.8) is 0 Å². The van der Waals surface area contributed by atoms with Crippen molar-refractivity contribution < 1.29 is 9.59 Å². The van der Waals surface area contributed by atoms with Gasteiger partial charge in [-0.2, -0.15) is 0 Å². The molecule has 1 aromatic carbocycles. The second kappa shape index (κ2) is 6.60. The fraction of sp³-hybridized carbons (Fsp3) is 0.263. The van der Waals surface area contributed by atoms with E-state index in [0.717, 1.165) is 11.3 Å². The Morgan fingerprint density at radius 3 is 2.64 bits per heavy atom. The van der Waals surface area contributed by atoms with E-state index in [1.54, 1.807) is 23.5 Å². The number of rotatable bonds is 2. The molecule has 0 fully saturated rings. The minimum atomic E-state index is -0.327. The predicted molar refractivity (Wildman–Crippen MR) is 100 cm³/mol. The summed E-state index contributed by atoms with van der Waals surface area (Å²) in [6, 6.07) is 9.40. The second-order valence-corrected chi connectivity index (χ2v) is 8.15. The number of hydrogen-bond acceptors (Lipinski definition) is 3. The number of benzene rings is 1. The van der Waals surface area contributed by atoms with Gasteiger partial charge in [0, 0.05) is 40.8 Å². The number of Topliss-reactive ketones (excluding diaryl/α,β-unsaturated/α-hetero) is 1. The summed E-state index contributed by atoms with van der Waals surface area (Å²) in [6.45, 7) is 0. The fourth-order valence-electron chi connectivity index (χ4n) is 3.74. The number of nitrogens with one attached hydrogen (secondary N) is 1. The molecule has 1 aliphatic carbocycles. The number of amides is 1. The summed E-state index contributed by atoms with van der Waals surface area (Å²) in [5, 5.41) is 5.79. The highest BCUT2D eigenvalue weighted by atomic mass is 35.5. The molecule has 0 spiro atoms. The van der Waals surface area contributed by atoms with Gasteiger partial charge in [-0.25, -0.2) is 0 Å². The summed E-state index contributed by atoms with van der Waals surface area (Å²) >= 11 is 14.2. The van der Waals surface area contributed by atoms with E-state index >= 15 is 0 Å². The Morgan fingerprint density at radius 2 is 1.88 bits per heavy atom. The van der Waals surface area contributed by atoms with E-state index in [1.807, 2.05) is 23.6 Å². The normalized spacial score (nSPS) is 23.4. The van der Waals surface area contributed by atoms with Gasteiger partial charge in [-0.05, 0) is 29.5 Å². The lowest BCUT2D eigenvalue weighted by atomic mass is 9.74. The molecule has 2 heterocycles. The van der Waals surface area contributed by atoms with Crippen LogP contribution >= 0.6 is 34.5 Å². The SMILES string of the molecule is O=C1C[C@@H](c2cccc(Cl)c2Cl)C2=C(C[C@H](c3cccs3)CC2=O)N1. The topological polar surface area (TPSA) is 46.2 Å². The smallest absolute Gasteiger partial charge is 0.225 e. The molecule has 6 heteroatoms. The van der Waals surface area contributed by atoms with Crippen molar-refractivity contribution >= 4 is 46.2 Å². The summed E-state index contributed by atoms with van der Waals surface area (Å²) in [6.07, 6.45) is 1.35. The lowest BCUT2D eigenvalue weighted by Gasteiger charge is -2.34. The summed E-state index contributed by atoms with van der Waals surface area (Å²) in [5.41, 5.74) is 2.18. The van der Waals surface area contributed by atoms with Crippen LogP contribution in [-0.4, -0.2) is 11.7 Å². The van der Waals surface area contributed by atoms with Gasteiger partial charge in [-0.3, -0.25) is 9.59 Å². The van der Waals surface area contributed by atoms with Crippen molar-refractivity contribution in [2.24, 2.45) is 0 Å². The van der Waals surface area contributed by atoms with E-state index in [1.165, 1.54) is 4.88 Å². The van der Waals surface area contributed by atoms with Crippen molar-refractivity contribution in [3.8, 4) is 0 Å². The van der Waals surface area contributed by atoms with Gasteiger partial charge in [0.05, 0.1) is 10.0 Å². The molecule has 0 saturated carbocycles. The van der Waals surface area contributed by atoms with Gasteiger partial charge in [0.15, 0.2) is 5.78 Å². The lowest BCUT2D eigenvalue weighted by Crippen LogP contribution is -2.38. The third kappa shape index (κ3) is 3.03. The molecule has 1 amide bonds. The van der Waals surface area contributed by atoms with Crippen LogP contribution in [0.4, 0.5) is 0 Å². The Balaban J connectivity index is 1.77. The summed E-state index contributed by atoms with van der Waals surface area (Å²) < 4.78 is 0. The van der Waals surface area contributed by atoms with Crippen LogP contribution in [0.15, 0.2) is 47.0 Å². The lowest BCUT2D eigenvalue weighted by molar-refractivity contribution is -0.122. The van der Waals surface area contributed by atoms with Crippen LogP contribution in [0.2, 0.25) is 10.0 Å². The number of allylic oxidation sites excluding steroid dienone is 2. The zero-order valence-corrected chi connectivity index (χ0v) is 15.5. The first-order chi connectivity index (χ1) is 12.0. The predicted octanol–water partition coefficient (Wildman–Crippen LogP) is 5.06. The van der Waals surface area contributed by atoms with E-state index in [-0.39, 0.29) is 29.9 Å². The highest BCUT2D eigenvalue weighted by Crippen LogP contribution is 2.45. The van der Waals surface area contributed by atoms with Crippen LogP contribution < -0.4 is 5.32 Å². The van der Waals surface area contributed by atoms with Gasteiger partial charge < -0.3 is 5.32 Å². The monoisotopic (exact) mass is 391 g/mol. The Hall–Kier alpha value is -1.62. The van der Waals surface area contributed by atoms with Crippen molar-refractivity contribution in [2.75, 3.05) is 0 Å². The van der Waals surface area contributed by atoms with Gasteiger partial charge in [0.1, 0.15) is 0 Å². The molecule has 1 aliphatic heterocycles. The molecular weight excluding hydrogens is 377 g/mol. The van der Waals surface area contributed by atoms with Crippen LogP contribution in [0.25, 0.3) is 0 Å². The molecular formula is C19H15Cl2NO2S. The first-order valence-electron chi connectivity index (χ1n) is 8.08. The first-order valence-corrected chi connectivity index (χ1v) is 9.71. The number of hydrogen-bond donors (Lipinski definition) is 1. The molecule has 1 aromatic heterocycles. The average molecular weight is 392 g/mol. The molecule has 0 unspecified atom stereocenters. The number of carbonyl (C=O) groups is 2. The van der Waals surface area contributed by atoms with Crippen LogP contribution in [-0.2, 0) is 9.59 Å². The van der Waals surface area contributed by atoms with Gasteiger partial charge in [-0.1, -0.05) is 41.4 Å². The standard InChI is InChI=1S/C19H15Cl2NO2S/c20-13-4-1-3-11(19(13)21)12-9-17(24)22-14-7-10(8-15(23)18(12)14)16-5-2-6-25-16/h1-6,10,12H,7-9H2,(H,22,24)/t10-,12-/m0/s1. The number of ketones is 1. The third-order valence-corrected chi connectivity index (χ3v) is 6.71. The second-order valence-electron chi connectivity index (χ2n) is 6.38. The van der Waals surface area contributed by atoms with Crippen molar-refractivity contribution in [2.45, 2.75) is 31.1 Å². The molecule has 0 bridgehead atoms. The van der Waals surface area contributed by atoms with E-state index in [4.69, 9.17) is 23.2 Å². The van der Waals surface area contributed by atoms with E-state index < -0.39 is 0 Å². The molecule has 128 valence electrons. The number of carbonyl (C=O) groups excluding carboxylic acids is 2. The van der Waals surface area contributed by atoms with Gasteiger partial charge in [-0.15, -0.1) is 11.3 Å². The Morgan fingerprint density at radius 1 is 1.04 bits per heavy atom. The highest BCUT2D eigenvalue weighted by Gasteiger charge is 2.39. The highest BCUT2D eigenvalue weighted by molar-refractivity contribution is 7.10. The van der Waals surface area contributed by atoms with Crippen molar-refractivity contribution in [1.82, 2.24) is 5.32 Å². The van der Waals surface area contributed by atoms with Crippen LogP contribution in [0.3, 0.4) is 0 Å². The molecule has 2 atom stereocenters. The Kier molecular flexibility index (Phi) is 4.44. The molecule has 3 nitrogen and oxygen atoms in total. The Bertz CT molecular complexity index is 889. The summed E-state index contributed by atoms with van der Waals surface area (Å²) in [7, 11) is 0. The fourth-order valence-corrected chi connectivity index (χ4v) is 5.01. The maximum absolute atomic E-state index is 12.9. The molecule has 2 aliphatic rings. The summed E-state index contributed by atoms with van der Waals surface area (Å²) in [4.78, 5) is 26.4. The molecule has 4 rings (SSSR count). The molecule has 0 saturated heterocycles. The molecule has 2 aromatic rings. The quantitative estimate of drug-likeness (QED) is 0.777. The minimum Gasteiger partial charge on any atom is -0.329 e. The molecule has 0 radical (unpaired) electrons. The first kappa shape index (κ1) is 16.8. The largest absolute Gasteiger partial charge is 0.329 e. The minimum absolute atomic E-state index is 0.0839. The summed E-state index contributed by atoms with van der Waals surface area (Å²) in [5.74, 6) is -0.202. The van der Waals surface area contributed by atoms with Crippen LogP contribution in [0.5, 0.6) is 0 Å². The van der Waals surface area contributed by atoms with E-state index in [0.29, 0.717) is 28.5 Å². The van der Waals surface area contributed by atoms with Gasteiger partial charge >= 0.3 is 0 Å². The zero-order chi connectivity index (χ0) is 17.6. The molecule has 25 heavy (non-hydrogen) atoms. The van der Waals surface area contributed by atoms with E-state index in [9.17, 15) is 9.59 Å². The average Bonchev–Trinajstić information content (AvgIpc) is 3.10. The maximum Gasteiger partial charge on any atom is 0.225 e. The van der Waals surface area contributed by atoms with Crippen LogP contribution in [0.1, 0.15) is 41.5 Å². The van der Waals surface area contributed by atoms with Gasteiger partial charge in [0.25, 0.3) is 0 Å². The zero-order valence-electron chi connectivity index (χ0n) is 13.2. The third-order valence-electron chi connectivity index (χ3n) is 4.84. The maximum atomic E-state index is 12.9. The van der Waals surface area contributed by atoms with E-state index in [2.05, 4.69) is 5.32 Å². The van der Waals surface area contributed by atoms with Crippen LogP contribution in [0, 0.1) is 0 Å². The van der Waals surface area contributed by atoms with Crippen molar-refractivity contribution in [1.29, 1.82) is 0 Å². The van der Waals surface area contributed by atoms with Crippen molar-refractivity contribution in [3.05, 3.63) is 67.5 Å². The number of thiophene rings is 1. The Labute approximate surface area is 159 Å².